The molecule has 0 spiro atoms. The number of nitrogens with one attached hydrogen (secondary N) is 1. The van der Waals surface area contributed by atoms with Crippen LogP contribution in [-0.2, 0) is 0 Å². The van der Waals surface area contributed by atoms with Crippen molar-refractivity contribution < 1.29 is 9.90 Å². The quantitative estimate of drug-likeness (QED) is 0.710. The first-order chi connectivity index (χ1) is 7.06. The number of carbonyl (C=O) groups excluding carboxylic acids is 1. The first-order valence-electron chi connectivity index (χ1n) is 4.79. The molecule has 1 amide bonds. The fraction of sp³-hybridized carbons (Fsp3) is 0.400. The van der Waals surface area contributed by atoms with E-state index in [0.717, 1.165) is 0 Å². The second kappa shape index (κ2) is 3.12. The van der Waals surface area contributed by atoms with Crippen molar-refractivity contribution in [1.29, 1.82) is 0 Å². The third kappa shape index (κ3) is 1.23. The van der Waals surface area contributed by atoms with Gasteiger partial charge in [0.2, 0.25) is 0 Å². The molecule has 0 aliphatic carbocycles. The smallest absolute Gasteiger partial charge is 0.254 e. The van der Waals surface area contributed by atoms with E-state index >= 15 is 0 Å². The van der Waals surface area contributed by atoms with Gasteiger partial charge in [-0.1, -0.05) is 6.92 Å². The summed E-state index contributed by atoms with van der Waals surface area (Å²) >= 11 is 0. The molecule has 1 aromatic rings. The summed E-state index contributed by atoms with van der Waals surface area (Å²) in [4.78, 5) is 26.7. The highest BCUT2D eigenvalue weighted by Crippen LogP contribution is 2.37. The summed E-state index contributed by atoms with van der Waals surface area (Å²) in [6, 6.07) is 1.09. The van der Waals surface area contributed by atoms with E-state index in [1.54, 1.807) is 7.05 Å². The van der Waals surface area contributed by atoms with E-state index in [2.05, 4.69) is 4.98 Å². The molecule has 0 unspecified atom stereocenters. The second-order valence-corrected chi connectivity index (χ2v) is 3.65. The van der Waals surface area contributed by atoms with E-state index in [1.807, 2.05) is 6.92 Å². The number of fused-ring (bicyclic) bond motifs is 1. The van der Waals surface area contributed by atoms with Gasteiger partial charge in [-0.15, -0.1) is 0 Å². The molecule has 0 bridgehead atoms. The number of aromatic amines is 1. The van der Waals surface area contributed by atoms with E-state index in [9.17, 15) is 14.7 Å². The zero-order valence-electron chi connectivity index (χ0n) is 8.57. The van der Waals surface area contributed by atoms with Gasteiger partial charge in [0.1, 0.15) is 0 Å². The number of aromatic nitrogens is 1. The summed E-state index contributed by atoms with van der Waals surface area (Å²) < 4.78 is 0. The minimum absolute atomic E-state index is 0.149. The normalized spacial score (nSPS) is 19.5. The van der Waals surface area contributed by atoms with Gasteiger partial charge in [0, 0.05) is 18.7 Å². The molecule has 0 saturated heterocycles. The fourth-order valence-electron chi connectivity index (χ4n) is 2.07. The Bertz CT molecular complexity index is 478. The van der Waals surface area contributed by atoms with Crippen molar-refractivity contribution in [2.75, 3.05) is 7.05 Å². The van der Waals surface area contributed by atoms with Crippen molar-refractivity contribution in [3.8, 4) is 5.88 Å². The third-order valence-electron chi connectivity index (χ3n) is 2.80. The van der Waals surface area contributed by atoms with Gasteiger partial charge in [-0.2, -0.15) is 0 Å². The highest BCUT2D eigenvalue weighted by atomic mass is 16.3. The topological polar surface area (TPSA) is 73.4 Å². The van der Waals surface area contributed by atoms with Gasteiger partial charge in [-0.05, 0) is 6.42 Å². The summed E-state index contributed by atoms with van der Waals surface area (Å²) in [6.07, 6.45) is 0.703. The van der Waals surface area contributed by atoms with Gasteiger partial charge in [0.15, 0.2) is 5.88 Å². The Morgan fingerprint density at radius 2 is 2.20 bits per heavy atom. The average Bonchev–Trinajstić information content (AvgIpc) is 2.42. The van der Waals surface area contributed by atoms with Crippen molar-refractivity contribution in [2.45, 2.75) is 19.4 Å². The third-order valence-corrected chi connectivity index (χ3v) is 2.80. The maximum atomic E-state index is 11.7. The van der Waals surface area contributed by atoms with Crippen molar-refractivity contribution in [3.63, 3.8) is 0 Å². The van der Waals surface area contributed by atoms with E-state index < -0.39 is 5.56 Å². The molecule has 15 heavy (non-hydrogen) atoms. The lowest BCUT2D eigenvalue weighted by Gasteiger charge is -2.18. The van der Waals surface area contributed by atoms with Gasteiger partial charge >= 0.3 is 0 Å². The van der Waals surface area contributed by atoms with Crippen molar-refractivity contribution >= 4 is 5.91 Å². The molecule has 2 rings (SSSR count). The van der Waals surface area contributed by atoms with Crippen LogP contribution < -0.4 is 5.56 Å². The van der Waals surface area contributed by atoms with Gasteiger partial charge < -0.3 is 10.0 Å². The Labute approximate surface area is 86.3 Å². The Kier molecular flexibility index (Phi) is 2.03. The van der Waals surface area contributed by atoms with Crippen LogP contribution in [0.15, 0.2) is 10.9 Å². The average molecular weight is 208 g/mol. The summed E-state index contributed by atoms with van der Waals surface area (Å²) in [5, 5.41) is 9.61. The number of aromatic hydroxyl groups is 1. The van der Waals surface area contributed by atoms with E-state index in [-0.39, 0.29) is 17.8 Å². The molecule has 1 aromatic heterocycles. The van der Waals surface area contributed by atoms with Gasteiger partial charge in [0.05, 0.1) is 11.6 Å². The minimum atomic E-state index is -0.454. The number of pyridine rings is 1. The SMILES string of the molecule is CC[C@@H]1c2c(cc(=O)[nH]c2O)C(=O)N1C. The molecule has 2 N–H and O–H groups in total. The summed E-state index contributed by atoms with van der Waals surface area (Å²) in [5.74, 6) is -0.402. The first-order valence-corrected chi connectivity index (χ1v) is 4.79. The fourth-order valence-corrected chi connectivity index (χ4v) is 2.07. The first kappa shape index (κ1) is 9.76. The number of amides is 1. The van der Waals surface area contributed by atoms with Crippen LogP contribution in [0.2, 0.25) is 0 Å². The minimum Gasteiger partial charge on any atom is -0.494 e. The largest absolute Gasteiger partial charge is 0.494 e. The molecule has 1 aliphatic heterocycles. The Hall–Kier alpha value is -1.78. The number of H-pyrrole nitrogens is 1. The molecule has 5 nitrogen and oxygen atoms in total. The highest BCUT2D eigenvalue weighted by molar-refractivity contribution is 5.99. The predicted octanol–water partition coefficient (Wildman–Crippen LogP) is 0.617. The lowest BCUT2D eigenvalue weighted by Crippen LogP contribution is -2.22. The Morgan fingerprint density at radius 1 is 1.53 bits per heavy atom. The van der Waals surface area contributed by atoms with E-state index in [1.165, 1.54) is 11.0 Å². The van der Waals surface area contributed by atoms with Crippen LogP contribution in [0.3, 0.4) is 0 Å². The lowest BCUT2D eigenvalue weighted by atomic mass is 10.1. The maximum absolute atomic E-state index is 11.7. The molecular weight excluding hydrogens is 196 g/mol. The van der Waals surface area contributed by atoms with Crippen molar-refractivity contribution in [1.82, 2.24) is 9.88 Å². The molecular formula is C10H12N2O3. The molecule has 1 atom stereocenters. The Balaban J connectivity index is 2.70. The number of nitrogens with zero attached hydrogens (tertiary/aromatic N) is 1. The molecule has 0 aromatic carbocycles. The maximum Gasteiger partial charge on any atom is 0.254 e. The van der Waals surface area contributed by atoms with E-state index in [4.69, 9.17) is 0 Å². The standard InChI is InChI=1S/C10H12N2O3/c1-3-6-8-5(10(15)12(6)2)4-7(13)11-9(8)14/h4,6H,3H2,1-2H3,(H2,11,13,14)/t6-/m1/s1. The number of rotatable bonds is 1. The Morgan fingerprint density at radius 3 is 2.80 bits per heavy atom. The summed E-state index contributed by atoms with van der Waals surface area (Å²) in [5.41, 5.74) is 0.389. The molecule has 2 heterocycles. The number of hydrogen-bond acceptors (Lipinski definition) is 3. The lowest BCUT2D eigenvalue weighted by molar-refractivity contribution is 0.0771. The molecule has 80 valence electrons. The van der Waals surface area contributed by atoms with Gasteiger partial charge in [0.25, 0.3) is 11.5 Å². The summed E-state index contributed by atoms with van der Waals surface area (Å²) in [7, 11) is 1.67. The van der Waals surface area contributed by atoms with Crippen LogP contribution >= 0.6 is 0 Å². The molecule has 0 fully saturated rings. The molecule has 1 aliphatic rings. The molecule has 5 heteroatoms. The van der Waals surface area contributed by atoms with Gasteiger partial charge in [-0.25, -0.2) is 0 Å². The van der Waals surface area contributed by atoms with Crippen LogP contribution in [0.25, 0.3) is 0 Å². The van der Waals surface area contributed by atoms with Crippen LogP contribution in [-0.4, -0.2) is 27.9 Å². The summed E-state index contributed by atoms with van der Waals surface area (Å²) in [6.45, 7) is 1.92. The zero-order valence-corrected chi connectivity index (χ0v) is 8.57. The van der Waals surface area contributed by atoms with Crippen LogP contribution in [0.1, 0.15) is 35.3 Å². The van der Waals surface area contributed by atoms with Crippen LogP contribution in [0.5, 0.6) is 5.88 Å². The van der Waals surface area contributed by atoms with E-state index in [0.29, 0.717) is 17.5 Å². The predicted molar refractivity (Wildman–Crippen MR) is 53.9 cm³/mol. The molecule has 0 saturated carbocycles. The van der Waals surface area contributed by atoms with Crippen molar-refractivity contribution in [3.05, 3.63) is 27.5 Å². The molecule has 0 radical (unpaired) electrons. The zero-order chi connectivity index (χ0) is 11.2. The highest BCUT2D eigenvalue weighted by Gasteiger charge is 2.36. The number of hydrogen-bond donors (Lipinski definition) is 2. The van der Waals surface area contributed by atoms with Crippen LogP contribution in [0, 0.1) is 0 Å². The van der Waals surface area contributed by atoms with Gasteiger partial charge in [-0.3, -0.25) is 14.6 Å². The van der Waals surface area contributed by atoms with Crippen LogP contribution in [0.4, 0.5) is 0 Å². The van der Waals surface area contributed by atoms with Crippen molar-refractivity contribution in [2.24, 2.45) is 0 Å². The monoisotopic (exact) mass is 208 g/mol. The second-order valence-electron chi connectivity index (χ2n) is 3.65. The number of carbonyl (C=O) groups is 1.